The molecule has 3 rings (SSSR count). The number of nitrogens with zero attached hydrogens (tertiary/aromatic N) is 1. The average Bonchev–Trinajstić information content (AvgIpc) is 3.41. The number of hydrogen-bond acceptors (Lipinski definition) is 2. The van der Waals surface area contributed by atoms with E-state index in [2.05, 4.69) is 19.1 Å². The summed E-state index contributed by atoms with van der Waals surface area (Å²) in [5, 5.41) is 0. The second-order valence-corrected chi connectivity index (χ2v) is 9.55. The van der Waals surface area contributed by atoms with E-state index >= 15 is 0 Å². The lowest BCUT2D eigenvalue weighted by Gasteiger charge is -2.28. The van der Waals surface area contributed by atoms with Crippen LogP contribution in [-0.2, 0) is 9.59 Å². The van der Waals surface area contributed by atoms with Crippen LogP contribution < -0.4 is 0 Å². The molecule has 0 N–H and O–H groups in total. The molecular formula is C26H41NO2. The Kier molecular flexibility index (Phi) is 9.01. The third-order valence-corrected chi connectivity index (χ3v) is 7.51. The Morgan fingerprint density at radius 2 is 1.21 bits per heavy atom. The zero-order chi connectivity index (χ0) is 20.5. The summed E-state index contributed by atoms with van der Waals surface area (Å²) in [4.78, 5) is 24.3. The van der Waals surface area contributed by atoms with Crippen molar-refractivity contribution in [3.8, 4) is 0 Å². The SMILES string of the molecule is CCCCC1C2C=CC(C2)C1CCCCCCCCCCCN1C(=O)C=CC1=O. The number of unbranched alkanes of at least 4 members (excludes halogenated alkanes) is 9. The molecule has 0 aromatic rings. The highest BCUT2D eigenvalue weighted by Gasteiger charge is 2.42. The molecule has 1 aliphatic heterocycles. The van der Waals surface area contributed by atoms with Gasteiger partial charge in [0.05, 0.1) is 0 Å². The lowest BCUT2D eigenvalue weighted by molar-refractivity contribution is -0.136. The van der Waals surface area contributed by atoms with Gasteiger partial charge in [0, 0.05) is 18.7 Å². The monoisotopic (exact) mass is 399 g/mol. The highest BCUT2D eigenvalue weighted by Crippen LogP contribution is 2.51. The molecular weight excluding hydrogens is 358 g/mol. The number of fused-ring (bicyclic) bond motifs is 2. The third kappa shape index (κ3) is 6.30. The zero-order valence-corrected chi connectivity index (χ0v) is 18.5. The highest BCUT2D eigenvalue weighted by molar-refractivity contribution is 6.12. The van der Waals surface area contributed by atoms with E-state index in [0.717, 1.165) is 36.5 Å². The molecule has 0 spiro atoms. The molecule has 3 nitrogen and oxygen atoms in total. The van der Waals surface area contributed by atoms with Crippen molar-refractivity contribution in [3.63, 3.8) is 0 Å². The number of allylic oxidation sites excluding steroid dienone is 2. The third-order valence-electron chi connectivity index (χ3n) is 7.51. The fourth-order valence-electron chi connectivity index (χ4n) is 5.86. The summed E-state index contributed by atoms with van der Waals surface area (Å²) in [6, 6.07) is 0. The molecule has 4 unspecified atom stereocenters. The molecule has 1 fully saturated rings. The van der Waals surface area contributed by atoms with Gasteiger partial charge in [-0.25, -0.2) is 0 Å². The first kappa shape index (κ1) is 22.3. The van der Waals surface area contributed by atoms with Gasteiger partial charge in [0.2, 0.25) is 0 Å². The first-order chi connectivity index (χ1) is 14.2. The summed E-state index contributed by atoms with van der Waals surface area (Å²) in [6.07, 6.45) is 26.4. The maximum atomic E-state index is 11.5. The second-order valence-electron chi connectivity index (χ2n) is 9.55. The topological polar surface area (TPSA) is 37.4 Å². The Morgan fingerprint density at radius 3 is 1.76 bits per heavy atom. The fourth-order valence-corrected chi connectivity index (χ4v) is 5.86. The molecule has 1 saturated carbocycles. The van der Waals surface area contributed by atoms with Crippen molar-refractivity contribution in [2.24, 2.45) is 23.7 Å². The van der Waals surface area contributed by atoms with Crippen molar-refractivity contribution in [3.05, 3.63) is 24.3 Å². The first-order valence-corrected chi connectivity index (χ1v) is 12.4. The highest BCUT2D eigenvalue weighted by atomic mass is 16.2. The molecule has 2 amide bonds. The van der Waals surface area contributed by atoms with Gasteiger partial charge in [0.25, 0.3) is 11.8 Å². The van der Waals surface area contributed by atoms with E-state index < -0.39 is 0 Å². The molecule has 4 atom stereocenters. The number of amides is 2. The molecule has 29 heavy (non-hydrogen) atoms. The summed E-state index contributed by atoms with van der Waals surface area (Å²) >= 11 is 0. The zero-order valence-electron chi connectivity index (χ0n) is 18.5. The van der Waals surface area contributed by atoms with Gasteiger partial charge >= 0.3 is 0 Å². The van der Waals surface area contributed by atoms with Gasteiger partial charge in [-0.2, -0.15) is 0 Å². The van der Waals surface area contributed by atoms with E-state index in [1.807, 2.05) is 0 Å². The first-order valence-electron chi connectivity index (χ1n) is 12.4. The Hall–Kier alpha value is -1.38. The van der Waals surface area contributed by atoms with Crippen LogP contribution in [-0.4, -0.2) is 23.3 Å². The van der Waals surface area contributed by atoms with E-state index in [-0.39, 0.29) is 11.8 Å². The minimum Gasteiger partial charge on any atom is -0.275 e. The quantitative estimate of drug-likeness (QED) is 0.180. The van der Waals surface area contributed by atoms with E-state index in [9.17, 15) is 9.59 Å². The van der Waals surface area contributed by atoms with Gasteiger partial charge in [-0.1, -0.05) is 83.3 Å². The number of rotatable bonds is 15. The van der Waals surface area contributed by atoms with Crippen LogP contribution >= 0.6 is 0 Å². The van der Waals surface area contributed by atoms with Crippen molar-refractivity contribution in [1.29, 1.82) is 0 Å². The van der Waals surface area contributed by atoms with Crippen LogP contribution in [0.3, 0.4) is 0 Å². The summed E-state index contributed by atoms with van der Waals surface area (Å²) in [5.41, 5.74) is 0. The standard InChI is InChI=1S/C26H41NO2/c1-2-3-13-23-21-15-16-22(20-21)24(23)14-11-9-7-5-4-6-8-10-12-19-27-25(28)17-18-26(27)29/h15-18,21-24H,2-14,19-20H2,1H3. The molecule has 3 aliphatic rings. The number of carbonyl (C=O) groups is 2. The predicted octanol–water partition coefficient (Wildman–Crippen LogP) is 6.44. The van der Waals surface area contributed by atoms with Crippen LogP contribution in [0.2, 0.25) is 0 Å². The van der Waals surface area contributed by atoms with Gasteiger partial charge < -0.3 is 0 Å². The van der Waals surface area contributed by atoms with Crippen molar-refractivity contribution in [2.45, 2.75) is 96.8 Å². The molecule has 0 aromatic carbocycles. The van der Waals surface area contributed by atoms with Crippen LogP contribution in [0.1, 0.15) is 96.8 Å². The Morgan fingerprint density at radius 1 is 0.724 bits per heavy atom. The van der Waals surface area contributed by atoms with Crippen molar-refractivity contribution >= 4 is 11.8 Å². The molecule has 0 saturated heterocycles. The van der Waals surface area contributed by atoms with E-state index in [1.165, 1.54) is 94.1 Å². The average molecular weight is 400 g/mol. The van der Waals surface area contributed by atoms with E-state index in [0.29, 0.717) is 6.54 Å². The van der Waals surface area contributed by atoms with Crippen molar-refractivity contribution in [1.82, 2.24) is 4.90 Å². The molecule has 3 heteroatoms. The van der Waals surface area contributed by atoms with Gasteiger partial charge in [0.15, 0.2) is 0 Å². The van der Waals surface area contributed by atoms with Gasteiger partial charge in [0.1, 0.15) is 0 Å². The minimum atomic E-state index is -0.145. The van der Waals surface area contributed by atoms with Crippen LogP contribution in [0.4, 0.5) is 0 Å². The van der Waals surface area contributed by atoms with E-state index in [4.69, 9.17) is 0 Å². The van der Waals surface area contributed by atoms with Crippen LogP contribution in [0, 0.1) is 23.7 Å². The molecule has 0 aromatic heterocycles. The molecule has 162 valence electrons. The predicted molar refractivity (Wildman–Crippen MR) is 119 cm³/mol. The number of imide groups is 1. The summed E-state index contributed by atoms with van der Waals surface area (Å²) in [6.45, 7) is 2.91. The van der Waals surface area contributed by atoms with Crippen LogP contribution in [0.5, 0.6) is 0 Å². The Balaban J connectivity index is 1.15. The summed E-state index contributed by atoms with van der Waals surface area (Å²) < 4.78 is 0. The van der Waals surface area contributed by atoms with Crippen LogP contribution in [0.25, 0.3) is 0 Å². The summed E-state index contributed by atoms with van der Waals surface area (Å²) in [5.74, 6) is 3.51. The van der Waals surface area contributed by atoms with Crippen molar-refractivity contribution in [2.75, 3.05) is 6.54 Å². The lowest BCUT2D eigenvalue weighted by atomic mass is 9.77. The normalized spacial score (nSPS) is 27.7. The summed E-state index contributed by atoms with van der Waals surface area (Å²) in [7, 11) is 0. The van der Waals surface area contributed by atoms with Gasteiger partial charge in [-0.15, -0.1) is 0 Å². The van der Waals surface area contributed by atoms with Crippen molar-refractivity contribution < 1.29 is 9.59 Å². The van der Waals surface area contributed by atoms with E-state index in [1.54, 1.807) is 0 Å². The lowest BCUT2D eigenvalue weighted by Crippen LogP contribution is -2.30. The smallest absolute Gasteiger partial charge is 0.253 e. The fraction of sp³-hybridized carbons (Fsp3) is 0.769. The second kappa shape index (κ2) is 11.7. The molecule has 1 heterocycles. The largest absolute Gasteiger partial charge is 0.275 e. The Labute approximate surface area is 178 Å². The Bertz CT molecular complexity index is 576. The maximum absolute atomic E-state index is 11.5. The molecule has 2 aliphatic carbocycles. The van der Waals surface area contributed by atoms with Gasteiger partial charge in [-0.3, -0.25) is 14.5 Å². The van der Waals surface area contributed by atoms with Crippen LogP contribution in [0.15, 0.2) is 24.3 Å². The number of carbonyl (C=O) groups excluding carboxylic acids is 2. The molecule has 2 bridgehead atoms. The number of hydrogen-bond donors (Lipinski definition) is 0. The minimum absolute atomic E-state index is 0.145. The maximum Gasteiger partial charge on any atom is 0.253 e. The van der Waals surface area contributed by atoms with Gasteiger partial charge in [-0.05, 0) is 49.4 Å². The molecule has 0 radical (unpaired) electrons.